The number of benzene rings is 1. The zero-order valence-corrected chi connectivity index (χ0v) is 10.0. The summed E-state index contributed by atoms with van der Waals surface area (Å²) in [4.78, 5) is 12.7. The summed E-state index contributed by atoms with van der Waals surface area (Å²) >= 11 is 0. The molecule has 0 spiro atoms. The molecule has 17 heavy (non-hydrogen) atoms. The Morgan fingerprint density at radius 1 is 1.41 bits per heavy atom. The van der Waals surface area contributed by atoms with Crippen molar-refractivity contribution >= 4 is 11.7 Å². The van der Waals surface area contributed by atoms with E-state index in [2.05, 4.69) is 16.7 Å². The molecule has 0 radical (unpaired) electrons. The Hall–Kier alpha value is -2.22. The Labute approximate surface area is 101 Å². The van der Waals surface area contributed by atoms with E-state index >= 15 is 0 Å². The third-order valence-electron chi connectivity index (χ3n) is 2.13. The second-order valence-corrected chi connectivity index (χ2v) is 3.75. The number of hydrogen-bond donors (Lipinski definition) is 2. The van der Waals surface area contributed by atoms with Crippen LogP contribution in [0.25, 0.3) is 0 Å². The molecule has 0 aromatic heterocycles. The molecule has 2 N–H and O–H groups in total. The van der Waals surface area contributed by atoms with E-state index in [1.807, 2.05) is 12.1 Å². The van der Waals surface area contributed by atoms with E-state index < -0.39 is 0 Å². The van der Waals surface area contributed by atoms with Gasteiger partial charge in [-0.05, 0) is 18.2 Å². The van der Waals surface area contributed by atoms with Crippen LogP contribution in [-0.4, -0.2) is 38.1 Å². The lowest BCUT2D eigenvalue weighted by Crippen LogP contribution is -2.37. The predicted molar refractivity (Wildman–Crippen MR) is 66.7 cm³/mol. The van der Waals surface area contributed by atoms with E-state index in [9.17, 15) is 4.79 Å². The Balaban J connectivity index is 2.31. The highest BCUT2D eigenvalue weighted by molar-refractivity contribution is 5.73. The lowest BCUT2D eigenvalue weighted by Gasteiger charge is -2.12. The second kappa shape index (κ2) is 6.38. The summed E-state index contributed by atoms with van der Waals surface area (Å²) in [5.41, 5.74) is 1.50. The number of carbonyl (C=O) groups is 1. The van der Waals surface area contributed by atoms with Gasteiger partial charge in [0, 0.05) is 32.9 Å². The van der Waals surface area contributed by atoms with Crippen molar-refractivity contribution in [1.29, 1.82) is 5.26 Å². The Kier molecular flexibility index (Phi) is 4.82. The van der Waals surface area contributed by atoms with Gasteiger partial charge in [0.25, 0.3) is 0 Å². The monoisotopic (exact) mass is 232 g/mol. The van der Waals surface area contributed by atoms with Gasteiger partial charge in [-0.2, -0.15) is 5.26 Å². The summed E-state index contributed by atoms with van der Waals surface area (Å²) < 4.78 is 0. The van der Waals surface area contributed by atoms with E-state index in [1.165, 1.54) is 4.90 Å². The highest BCUT2D eigenvalue weighted by Crippen LogP contribution is 2.08. The fourth-order valence-corrected chi connectivity index (χ4v) is 1.23. The van der Waals surface area contributed by atoms with E-state index in [1.54, 1.807) is 26.2 Å². The number of nitrogens with zero attached hydrogens (tertiary/aromatic N) is 2. The first kappa shape index (κ1) is 12.8. The minimum absolute atomic E-state index is 0.113. The average molecular weight is 232 g/mol. The molecule has 90 valence electrons. The van der Waals surface area contributed by atoms with Crippen LogP contribution >= 0.6 is 0 Å². The maximum Gasteiger partial charge on any atom is 0.316 e. The van der Waals surface area contributed by atoms with E-state index in [4.69, 9.17) is 5.26 Å². The van der Waals surface area contributed by atoms with Crippen molar-refractivity contribution in [1.82, 2.24) is 10.2 Å². The molecule has 2 amide bonds. The first-order valence-electron chi connectivity index (χ1n) is 5.32. The molecular weight excluding hydrogens is 216 g/mol. The third-order valence-corrected chi connectivity index (χ3v) is 2.13. The van der Waals surface area contributed by atoms with Gasteiger partial charge in [-0.15, -0.1) is 0 Å². The van der Waals surface area contributed by atoms with Crippen LogP contribution in [0.2, 0.25) is 0 Å². The van der Waals surface area contributed by atoms with Crippen LogP contribution in [0.3, 0.4) is 0 Å². The van der Waals surface area contributed by atoms with Crippen molar-refractivity contribution in [3.05, 3.63) is 29.8 Å². The first-order chi connectivity index (χ1) is 8.13. The number of amides is 2. The van der Waals surface area contributed by atoms with Crippen LogP contribution in [0, 0.1) is 11.3 Å². The smallest absolute Gasteiger partial charge is 0.316 e. The lowest BCUT2D eigenvalue weighted by atomic mass is 10.2. The number of hydrogen-bond acceptors (Lipinski definition) is 3. The number of nitriles is 1. The molecule has 0 atom stereocenters. The van der Waals surface area contributed by atoms with Gasteiger partial charge in [-0.25, -0.2) is 4.79 Å². The number of carbonyl (C=O) groups excluding carboxylic acids is 1. The molecule has 0 bridgehead atoms. The topological polar surface area (TPSA) is 68.2 Å². The summed E-state index contributed by atoms with van der Waals surface area (Å²) in [6, 6.07) is 9.18. The molecule has 0 fully saturated rings. The number of rotatable bonds is 4. The molecule has 0 saturated carbocycles. The lowest BCUT2D eigenvalue weighted by molar-refractivity contribution is 0.218. The zero-order chi connectivity index (χ0) is 12.7. The Morgan fingerprint density at radius 2 is 2.18 bits per heavy atom. The van der Waals surface area contributed by atoms with Gasteiger partial charge in [0.05, 0.1) is 11.6 Å². The normalized spacial score (nSPS) is 9.24. The highest BCUT2D eigenvalue weighted by atomic mass is 16.2. The van der Waals surface area contributed by atoms with Crippen LogP contribution in [0.15, 0.2) is 24.3 Å². The van der Waals surface area contributed by atoms with Gasteiger partial charge in [0.2, 0.25) is 0 Å². The number of nitrogens with one attached hydrogen (secondary N) is 2. The van der Waals surface area contributed by atoms with Crippen molar-refractivity contribution in [3.63, 3.8) is 0 Å². The molecule has 1 aromatic carbocycles. The molecule has 0 heterocycles. The fourth-order valence-electron chi connectivity index (χ4n) is 1.23. The van der Waals surface area contributed by atoms with Gasteiger partial charge in [0.1, 0.15) is 0 Å². The van der Waals surface area contributed by atoms with Crippen LogP contribution in [0.4, 0.5) is 10.5 Å². The van der Waals surface area contributed by atoms with Crippen molar-refractivity contribution in [2.24, 2.45) is 0 Å². The summed E-state index contributed by atoms with van der Waals surface area (Å²) in [6.07, 6.45) is 0. The third kappa shape index (κ3) is 4.43. The molecule has 5 heteroatoms. The van der Waals surface area contributed by atoms with Gasteiger partial charge in [0.15, 0.2) is 0 Å². The Morgan fingerprint density at radius 3 is 2.82 bits per heavy atom. The summed E-state index contributed by atoms with van der Waals surface area (Å²) in [7, 11) is 3.39. The van der Waals surface area contributed by atoms with Crippen LogP contribution < -0.4 is 10.6 Å². The van der Waals surface area contributed by atoms with Crippen LogP contribution in [0.5, 0.6) is 0 Å². The standard InChI is InChI=1S/C12H16N4O/c1-16(2)12(17)15-7-6-14-11-5-3-4-10(8-11)9-13/h3-5,8,14H,6-7H2,1-2H3,(H,15,17). The maximum absolute atomic E-state index is 11.2. The quantitative estimate of drug-likeness (QED) is 0.767. The number of urea groups is 1. The van der Waals surface area contributed by atoms with E-state index in [0.717, 1.165) is 5.69 Å². The first-order valence-corrected chi connectivity index (χ1v) is 5.32. The molecule has 1 rings (SSSR count). The van der Waals surface area contributed by atoms with Crippen LogP contribution in [-0.2, 0) is 0 Å². The SMILES string of the molecule is CN(C)C(=O)NCCNc1cccc(C#N)c1. The molecule has 0 saturated heterocycles. The summed E-state index contributed by atoms with van der Waals surface area (Å²) in [5, 5.41) is 14.6. The molecule has 5 nitrogen and oxygen atoms in total. The molecule has 0 aliphatic carbocycles. The molecule has 0 unspecified atom stereocenters. The molecule has 0 aliphatic heterocycles. The van der Waals surface area contributed by atoms with E-state index in [0.29, 0.717) is 18.7 Å². The minimum Gasteiger partial charge on any atom is -0.383 e. The average Bonchev–Trinajstić information content (AvgIpc) is 2.34. The number of anilines is 1. The second-order valence-electron chi connectivity index (χ2n) is 3.75. The van der Waals surface area contributed by atoms with Gasteiger partial charge in [-0.3, -0.25) is 0 Å². The maximum atomic E-state index is 11.2. The molecular formula is C12H16N4O. The van der Waals surface area contributed by atoms with Crippen molar-refractivity contribution in [2.75, 3.05) is 32.5 Å². The van der Waals surface area contributed by atoms with Crippen molar-refractivity contribution < 1.29 is 4.79 Å². The van der Waals surface area contributed by atoms with Crippen molar-refractivity contribution in [3.8, 4) is 6.07 Å². The highest BCUT2D eigenvalue weighted by Gasteiger charge is 2.00. The largest absolute Gasteiger partial charge is 0.383 e. The zero-order valence-electron chi connectivity index (χ0n) is 10.0. The minimum atomic E-state index is -0.113. The summed E-state index contributed by atoms with van der Waals surface area (Å²) in [6.45, 7) is 1.16. The van der Waals surface area contributed by atoms with Gasteiger partial charge >= 0.3 is 6.03 Å². The van der Waals surface area contributed by atoms with Crippen LogP contribution in [0.1, 0.15) is 5.56 Å². The summed E-state index contributed by atoms with van der Waals surface area (Å²) in [5.74, 6) is 0. The van der Waals surface area contributed by atoms with Gasteiger partial charge < -0.3 is 15.5 Å². The van der Waals surface area contributed by atoms with Gasteiger partial charge in [-0.1, -0.05) is 6.07 Å². The Bertz CT molecular complexity index is 423. The fraction of sp³-hybridized carbons (Fsp3) is 0.333. The molecule has 0 aliphatic rings. The predicted octanol–water partition coefficient (Wildman–Crippen LogP) is 1.24. The molecule has 1 aromatic rings. The van der Waals surface area contributed by atoms with Crippen molar-refractivity contribution in [2.45, 2.75) is 0 Å². The van der Waals surface area contributed by atoms with E-state index in [-0.39, 0.29) is 6.03 Å².